The summed E-state index contributed by atoms with van der Waals surface area (Å²) in [5.41, 5.74) is 4.15. The van der Waals surface area contributed by atoms with Crippen molar-refractivity contribution < 1.29 is 4.74 Å². The molecular weight excluding hydrogens is 250 g/mol. The van der Waals surface area contributed by atoms with E-state index in [1.165, 1.54) is 0 Å². The summed E-state index contributed by atoms with van der Waals surface area (Å²) in [5, 5.41) is 6.99. The summed E-state index contributed by atoms with van der Waals surface area (Å²) in [6.07, 6.45) is 3.59. The second kappa shape index (κ2) is 5.57. The van der Waals surface area contributed by atoms with Crippen LogP contribution >= 0.6 is 0 Å². The molecular formula is C16H15N3O. The Balaban J connectivity index is 1.77. The fourth-order valence-electron chi connectivity index (χ4n) is 2.04. The van der Waals surface area contributed by atoms with Gasteiger partial charge in [-0.05, 0) is 36.8 Å². The lowest BCUT2D eigenvalue weighted by molar-refractivity contribution is 0.301. The molecule has 0 aliphatic rings. The van der Waals surface area contributed by atoms with Crippen LogP contribution in [0.25, 0.3) is 11.1 Å². The fourth-order valence-corrected chi connectivity index (χ4v) is 2.04. The van der Waals surface area contributed by atoms with Gasteiger partial charge in [0.2, 0.25) is 0 Å². The van der Waals surface area contributed by atoms with Gasteiger partial charge in [0.05, 0.1) is 11.9 Å². The molecule has 0 saturated carbocycles. The lowest BCUT2D eigenvalue weighted by Crippen LogP contribution is -1.97. The lowest BCUT2D eigenvalue weighted by Gasteiger charge is -2.07. The molecule has 0 fully saturated rings. The van der Waals surface area contributed by atoms with Gasteiger partial charge < -0.3 is 4.74 Å². The molecule has 0 spiro atoms. The Kier molecular flexibility index (Phi) is 3.46. The number of aromatic nitrogens is 3. The molecule has 0 amide bonds. The van der Waals surface area contributed by atoms with Crippen molar-refractivity contribution in [3.63, 3.8) is 0 Å². The van der Waals surface area contributed by atoms with Crippen LogP contribution in [0.1, 0.15) is 11.4 Å². The SMILES string of the molecule is Cc1[nH]ncc1-c1cccc(OCc2ccccn2)c1. The molecule has 100 valence electrons. The van der Waals surface area contributed by atoms with Crippen molar-refractivity contribution in [2.45, 2.75) is 13.5 Å². The number of hydrogen-bond donors (Lipinski definition) is 1. The van der Waals surface area contributed by atoms with Gasteiger partial charge in [-0.25, -0.2) is 0 Å². The van der Waals surface area contributed by atoms with Crippen LogP contribution in [0.15, 0.2) is 54.9 Å². The third kappa shape index (κ3) is 2.69. The zero-order valence-corrected chi connectivity index (χ0v) is 11.2. The molecule has 0 radical (unpaired) electrons. The average Bonchev–Trinajstić information content (AvgIpc) is 2.93. The topological polar surface area (TPSA) is 50.8 Å². The van der Waals surface area contributed by atoms with Crippen LogP contribution in [0.4, 0.5) is 0 Å². The molecule has 0 saturated heterocycles. The third-order valence-electron chi connectivity index (χ3n) is 3.09. The molecule has 0 aliphatic heterocycles. The third-order valence-corrected chi connectivity index (χ3v) is 3.09. The van der Waals surface area contributed by atoms with Gasteiger partial charge in [0.25, 0.3) is 0 Å². The second-order valence-corrected chi connectivity index (χ2v) is 4.55. The molecule has 0 atom stereocenters. The minimum absolute atomic E-state index is 0.467. The minimum atomic E-state index is 0.467. The first-order chi connectivity index (χ1) is 9.83. The van der Waals surface area contributed by atoms with Crippen molar-refractivity contribution in [3.8, 4) is 16.9 Å². The Morgan fingerprint density at radius 1 is 1.15 bits per heavy atom. The van der Waals surface area contributed by atoms with Gasteiger partial charge in [0.15, 0.2) is 0 Å². The highest BCUT2D eigenvalue weighted by atomic mass is 16.5. The van der Waals surface area contributed by atoms with Crippen LogP contribution in [0.3, 0.4) is 0 Å². The van der Waals surface area contributed by atoms with Crippen molar-refractivity contribution in [3.05, 3.63) is 66.2 Å². The second-order valence-electron chi connectivity index (χ2n) is 4.55. The predicted molar refractivity (Wildman–Crippen MR) is 77.3 cm³/mol. The normalized spacial score (nSPS) is 10.4. The van der Waals surface area contributed by atoms with E-state index in [9.17, 15) is 0 Å². The predicted octanol–water partition coefficient (Wildman–Crippen LogP) is 3.36. The van der Waals surface area contributed by atoms with E-state index in [-0.39, 0.29) is 0 Å². The average molecular weight is 265 g/mol. The van der Waals surface area contributed by atoms with Gasteiger partial charge in [0.1, 0.15) is 12.4 Å². The Morgan fingerprint density at radius 2 is 2.10 bits per heavy atom. The van der Waals surface area contributed by atoms with Gasteiger partial charge in [-0.1, -0.05) is 18.2 Å². The molecule has 4 nitrogen and oxygen atoms in total. The van der Waals surface area contributed by atoms with Gasteiger partial charge in [0, 0.05) is 17.5 Å². The molecule has 20 heavy (non-hydrogen) atoms. The Hall–Kier alpha value is -2.62. The highest BCUT2D eigenvalue weighted by Crippen LogP contribution is 2.25. The zero-order chi connectivity index (χ0) is 13.8. The molecule has 0 unspecified atom stereocenters. The van der Waals surface area contributed by atoms with Crippen molar-refractivity contribution in [2.24, 2.45) is 0 Å². The van der Waals surface area contributed by atoms with Gasteiger partial charge in [-0.2, -0.15) is 5.10 Å². The number of ether oxygens (including phenoxy) is 1. The first-order valence-electron chi connectivity index (χ1n) is 6.46. The summed E-state index contributed by atoms with van der Waals surface area (Å²) in [6.45, 7) is 2.47. The van der Waals surface area contributed by atoms with Crippen LogP contribution in [0.2, 0.25) is 0 Å². The first kappa shape index (κ1) is 12.4. The van der Waals surface area contributed by atoms with Crippen LogP contribution < -0.4 is 4.74 Å². The number of hydrogen-bond acceptors (Lipinski definition) is 3. The molecule has 0 bridgehead atoms. The van der Waals surface area contributed by atoms with E-state index in [2.05, 4.69) is 15.2 Å². The summed E-state index contributed by atoms with van der Waals surface area (Å²) in [7, 11) is 0. The molecule has 2 aromatic heterocycles. The molecule has 0 aliphatic carbocycles. The van der Waals surface area contributed by atoms with Gasteiger partial charge in [-0.15, -0.1) is 0 Å². The number of aromatic amines is 1. The smallest absolute Gasteiger partial charge is 0.130 e. The van der Waals surface area contributed by atoms with Crippen molar-refractivity contribution in [1.82, 2.24) is 15.2 Å². The van der Waals surface area contributed by atoms with E-state index in [1.807, 2.05) is 55.6 Å². The van der Waals surface area contributed by atoms with Crippen LogP contribution in [0, 0.1) is 6.92 Å². The number of pyridine rings is 1. The summed E-state index contributed by atoms with van der Waals surface area (Å²) in [4.78, 5) is 4.24. The zero-order valence-electron chi connectivity index (χ0n) is 11.2. The van der Waals surface area contributed by atoms with Gasteiger partial charge in [-0.3, -0.25) is 10.1 Å². The van der Waals surface area contributed by atoms with E-state index in [0.29, 0.717) is 6.61 Å². The largest absolute Gasteiger partial charge is 0.487 e. The molecule has 2 heterocycles. The van der Waals surface area contributed by atoms with E-state index < -0.39 is 0 Å². The van der Waals surface area contributed by atoms with E-state index in [4.69, 9.17) is 4.74 Å². The lowest BCUT2D eigenvalue weighted by atomic mass is 10.1. The maximum absolute atomic E-state index is 5.78. The standard InChI is InChI=1S/C16H15N3O/c1-12-16(10-18-19-12)13-5-4-7-15(9-13)20-11-14-6-2-3-8-17-14/h2-10H,11H2,1H3,(H,18,19). The van der Waals surface area contributed by atoms with Gasteiger partial charge >= 0.3 is 0 Å². The number of aryl methyl sites for hydroxylation is 1. The maximum Gasteiger partial charge on any atom is 0.130 e. The van der Waals surface area contributed by atoms with Crippen molar-refractivity contribution >= 4 is 0 Å². The molecule has 1 N–H and O–H groups in total. The first-order valence-corrected chi connectivity index (χ1v) is 6.46. The highest BCUT2D eigenvalue weighted by Gasteiger charge is 2.05. The van der Waals surface area contributed by atoms with E-state index >= 15 is 0 Å². The maximum atomic E-state index is 5.78. The van der Waals surface area contributed by atoms with E-state index in [1.54, 1.807) is 6.20 Å². The number of nitrogens with one attached hydrogen (secondary N) is 1. The number of benzene rings is 1. The number of H-pyrrole nitrogens is 1. The molecule has 3 rings (SSSR count). The summed E-state index contributed by atoms with van der Waals surface area (Å²) in [5.74, 6) is 0.828. The monoisotopic (exact) mass is 265 g/mol. The minimum Gasteiger partial charge on any atom is -0.487 e. The summed E-state index contributed by atoms with van der Waals surface area (Å²) < 4.78 is 5.78. The summed E-state index contributed by atoms with van der Waals surface area (Å²) in [6, 6.07) is 13.8. The summed E-state index contributed by atoms with van der Waals surface area (Å²) >= 11 is 0. The fraction of sp³-hybridized carbons (Fsp3) is 0.125. The highest BCUT2D eigenvalue weighted by molar-refractivity contribution is 5.66. The number of rotatable bonds is 4. The van der Waals surface area contributed by atoms with Crippen LogP contribution in [0.5, 0.6) is 5.75 Å². The van der Waals surface area contributed by atoms with Crippen molar-refractivity contribution in [2.75, 3.05) is 0 Å². The quantitative estimate of drug-likeness (QED) is 0.787. The molecule has 4 heteroatoms. The van der Waals surface area contributed by atoms with Crippen LogP contribution in [-0.2, 0) is 6.61 Å². The molecule has 3 aromatic rings. The Bertz CT molecular complexity index is 692. The Labute approximate surface area is 117 Å². The van der Waals surface area contributed by atoms with E-state index in [0.717, 1.165) is 28.3 Å². The van der Waals surface area contributed by atoms with Crippen molar-refractivity contribution in [1.29, 1.82) is 0 Å². The molecule has 1 aromatic carbocycles. The van der Waals surface area contributed by atoms with Crippen LogP contribution in [-0.4, -0.2) is 15.2 Å². The number of nitrogens with zero attached hydrogens (tertiary/aromatic N) is 2. The Morgan fingerprint density at radius 3 is 2.85 bits per heavy atom.